The van der Waals surface area contributed by atoms with Gasteiger partial charge in [-0.2, -0.15) is 13.2 Å². The summed E-state index contributed by atoms with van der Waals surface area (Å²) < 4.78 is 41.4. The van der Waals surface area contributed by atoms with Crippen LogP contribution in [0.4, 0.5) is 18.9 Å². The number of benzene rings is 1. The van der Waals surface area contributed by atoms with Crippen molar-refractivity contribution in [2.24, 2.45) is 17.8 Å². The van der Waals surface area contributed by atoms with Gasteiger partial charge in [0.15, 0.2) is 5.96 Å². The second-order valence-electron chi connectivity index (χ2n) is 6.24. The normalized spacial score (nSPS) is 15.0. The van der Waals surface area contributed by atoms with E-state index < -0.39 is 24.0 Å². The maximum absolute atomic E-state index is 13.4. The number of nitrogens with two attached hydrogens (primary N) is 1. The zero-order valence-corrected chi connectivity index (χ0v) is 14.8. The van der Waals surface area contributed by atoms with Crippen molar-refractivity contribution in [3.8, 4) is 0 Å². The van der Waals surface area contributed by atoms with Crippen LogP contribution in [-0.2, 0) is 12.6 Å². The lowest BCUT2D eigenvalue weighted by atomic mass is 9.98. The summed E-state index contributed by atoms with van der Waals surface area (Å²) >= 11 is 0. The van der Waals surface area contributed by atoms with Crippen molar-refractivity contribution in [3.63, 3.8) is 0 Å². The van der Waals surface area contributed by atoms with E-state index in [0.717, 1.165) is 15.7 Å². The highest BCUT2D eigenvalue weighted by Crippen LogP contribution is 2.40. The molecule has 142 valence electrons. The number of halogens is 3. The quantitative estimate of drug-likeness (QED) is 0.558. The van der Waals surface area contributed by atoms with Crippen molar-refractivity contribution in [1.82, 2.24) is 9.55 Å². The number of hydrogen-bond acceptors (Lipinski definition) is 3. The molecule has 4 N–H and O–H groups in total. The van der Waals surface area contributed by atoms with Gasteiger partial charge in [0.2, 0.25) is 5.60 Å². The lowest BCUT2D eigenvalue weighted by Gasteiger charge is -2.29. The summed E-state index contributed by atoms with van der Waals surface area (Å²) in [6, 6.07) is 5.67. The largest absolute Gasteiger partial charge is 0.424 e. The van der Waals surface area contributed by atoms with E-state index in [9.17, 15) is 18.3 Å². The van der Waals surface area contributed by atoms with Gasteiger partial charge in [-0.15, -0.1) is 0 Å². The third-order valence-corrected chi connectivity index (χ3v) is 3.91. The van der Waals surface area contributed by atoms with Crippen molar-refractivity contribution in [1.29, 1.82) is 0 Å². The van der Waals surface area contributed by atoms with Gasteiger partial charge >= 0.3 is 6.18 Å². The number of rotatable bonds is 5. The molecule has 2 rings (SSSR count). The number of anilines is 1. The molecule has 0 saturated carbocycles. The van der Waals surface area contributed by atoms with E-state index in [4.69, 9.17) is 5.73 Å². The molecule has 0 fully saturated rings. The van der Waals surface area contributed by atoms with Crippen LogP contribution in [-0.4, -0.2) is 33.3 Å². The summed E-state index contributed by atoms with van der Waals surface area (Å²) in [6.07, 6.45) is -3.05. The van der Waals surface area contributed by atoms with Crippen LogP contribution >= 0.6 is 0 Å². The van der Waals surface area contributed by atoms with Crippen LogP contribution in [0.3, 0.4) is 0 Å². The predicted molar refractivity (Wildman–Crippen MR) is 93.8 cm³/mol. The summed E-state index contributed by atoms with van der Waals surface area (Å²) in [4.78, 5) is 7.54. The van der Waals surface area contributed by atoms with E-state index in [0.29, 0.717) is 5.69 Å². The number of aliphatic hydroxyl groups is 1. The summed E-state index contributed by atoms with van der Waals surface area (Å²) in [7, 11) is 1.39. The third kappa shape index (κ3) is 4.34. The third-order valence-electron chi connectivity index (χ3n) is 3.91. The number of aromatic nitrogens is 2. The van der Waals surface area contributed by atoms with Crippen LogP contribution in [0.1, 0.15) is 23.4 Å². The van der Waals surface area contributed by atoms with Gasteiger partial charge in [-0.05, 0) is 37.1 Å². The van der Waals surface area contributed by atoms with Gasteiger partial charge in [0.1, 0.15) is 5.82 Å². The minimum absolute atomic E-state index is 0.0284. The monoisotopic (exact) mass is 369 g/mol. The SMILES string of the molecule is Cc1cc(C)cc(NC(N)=NCCC(O)(c2nccn2C)C(F)(F)F)c1. The molecule has 9 heteroatoms. The second kappa shape index (κ2) is 7.36. The molecule has 0 aliphatic rings. The van der Waals surface area contributed by atoms with Gasteiger partial charge in [-0.3, -0.25) is 4.99 Å². The van der Waals surface area contributed by atoms with E-state index >= 15 is 0 Å². The van der Waals surface area contributed by atoms with Gasteiger partial charge in [0, 0.05) is 38.1 Å². The van der Waals surface area contributed by atoms with E-state index in [1.54, 1.807) is 0 Å². The molecular formula is C17H22F3N5O. The van der Waals surface area contributed by atoms with Crippen molar-refractivity contribution in [3.05, 3.63) is 47.5 Å². The van der Waals surface area contributed by atoms with Gasteiger partial charge in [0.05, 0.1) is 0 Å². The zero-order valence-electron chi connectivity index (χ0n) is 14.8. The molecule has 0 radical (unpaired) electrons. The summed E-state index contributed by atoms with van der Waals surface area (Å²) in [5, 5.41) is 13.1. The number of aliphatic imine (C=N–C) groups is 1. The van der Waals surface area contributed by atoms with Gasteiger partial charge in [-0.25, -0.2) is 4.98 Å². The predicted octanol–water partition coefficient (Wildman–Crippen LogP) is 2.60. The maximum atomic E-state index is 13.4. The van der Waals surface area contributed by atoms with Crippen LogP contribution < -0.4 is 11.1 Å². The minimum atomic E-state index is -4.89. The standard InChI is InChI=1S/C17H22F3N5O/c1-11-8-12(2)10-13(9-11)24-15(21)23-5-4-16(26,17(18,19)20)14-22-6-7-25(14)3/h6-10,26H,4-5H2,1-3H3,(H3,21,23,24). The van der Waals surface area contributed by atoms with Crippen LogP contribution in [0.5, 0.6) is 0 Å². The van der Waals surface area contributed by atoms with Crippen molar-refractivity contribution in [2.45, 2.75) is 32.0 Å². The summed E-state index contributed by atoms with van der Waals surface area (Å²) in [6.45, 7) is 3.51. The molecule has 26 heavy (non-hydrogen) atoms. The van der Waals surface area contributed by atoms with Crippen molar-refractivity contribution < 1.29 is 18.3 Å². The fourth-order valence-corrected chi connectivity index (χ4v) is 2.72. The molecule has 0 spiro atoms. The molecule has 0 bridgehead atoms. The average Bonchev–Trinajstić information content (AvgIpc) is 2.91. The highest BCUT2D eigenvalue weighted by Gasteiger charge is 2.57. The Kier molecular flexibility index (Phi) is 5.60. The number of nitrogens with zero attached hydrogens (tertiary/aromatic N) is 3. The van der Waals surface area contributed by atoms with Crippen LogP contribution in [0.25, 0.3) is 0 Å². The molecule has 6 nitrogen and oxygen atoms in total. The first kappa shape index (κ1) is 19.8. The van der Waals surface area contributed by atoms with E-state index in [2.05, 4.69) is 15.3 Å². The molecule has 1 aromatic carbocycles. The topological polar surface area (TPSA) is 88.5 Å². The van der Waals surface area contributed by atoms with E-state index in [-0.39, 0.29) is 12.5 Å². The van der Waals surface area contributed by atoms with Crippen LogP contribution in [0.15, 0.2) is 35.6 Å². The Morgan fingerprint density at radius 2 is 1.88 bits per heavy atom. The van der Waals surface area contributed by atoms with Gasteiger partial charge in [-0.1, -0.05) is 6.07 Å². The lowest BCUT2D eigenvalue weighted by molar-refractivity contribution is -0.272. The molecular weight excluding hydrogens is 347 g/mol. The van der Waals surface area contributed by atoms with E-state index in [1.807, 2.05) is 32.0 Å². The van der Waals surface area contributed by atoms with Crippen LogP contribution in [0.2, 0.25) is 0 Å². The van der Waals surface area contributed by atoms with E-state index in [1.165, 1.54) is 19.4 Å². The smallest absolute Gasteiger partial charge is 0.374 e. The number of alkyl halides is 3. The first-order valence-corrected chi connectivity index (χ1v) is 7.95. The molecule has 0 aliphatic heterocycles. The number of aryl methyl sites for hydroxylation is 3. The fraction of sp³-hybridized carbons (Fsp3) is 0.412. The first-order chi connectivity index (χ1) is 12.0. The Hall–Kier alpha value is -2.55. The highest BCUT2D eigenvalue weighted by molar-refractivity contribution is 5.92. The molecule has 0 aliphatic carbocycles. The average molecular weight is 369 g/mol. The number of guanidine groups is 1. The molecule has 2 aromatic rings. The van der Waals surface area contributed by atoms with Crippen molar-refractivity contribution in [2.75, 3.05) is 11.9 Å². The zero-order chi connectivity index (χ0) is 19.5. The Morgan fingerprint density at radius 3 is 2.38 bits per heavy atom. The Balaban J connectivity index is 2.11. The lowest BCUT2D eigenvalue weighted by Crippen LogP contribution is -2.45. The number of nitrogens with one attached hydrogen (secondary N) is 1. The Morgan fingerprint density at radius 1 is 1.27 bits per heavy atom. The van der Waals surface area contributed by atoms with Crippen molar-refractivity contribution >= 4 is 11.6 Å². The second-order valence-corrected chi connectivity index (χ2v) is 6.24. The molecule has 1 heterocycles. The number of hydrogen-bond donors (Lipinski definition) is 3. The molecule has 0 amide bonds. The number of imidazole rings is 1. The Bertz CT molecular complexity index is 780. The van der Waals surface area contributed by atoms with Crippen LogP contribution in [0, 0.1) is 13.8 Å². The maximum Gasteiger partial charge on any atom is 0.424 e. The summed E-state index contributed by atoms with van der Waals surface area (Å²) in [5.74, 6) is -0.514. The highest BCUT2D eigenvalue weighted by atomic mass is 19.4. The summed E-state index contributed by atoms with van der Waals surface area (Å²) in [5.41, 5.74) is 5.37. The Labute approximate surface area is 149 Å². The first-order valence-electron chi connectivity index (χ1n) is 7.95. The fourth-order valence-electron chi connectivity index (χ4n) is 2.72. The van der Waals surface area contributed by atoms with Gasteiger partial charge < -0.3 is 20.7 Å². The van der Waals surface area contributed by atoms with Gasteiger partial charge in [0.25, 0.3) is 0 Å². The molecule has 1 aromatic heterocycles. The molecule has 1 atom stereocenters. The minimum Gasteiger partial charge on any atom is -0.374 e. The molecule has 0 saturated heterocycles. The molecule has 1 unspecified atom stereocenters.